The van der Waals surface area contributed by atoms with Crippen LogP contribution in [0.2, 0.25) is 0 Å². The maximum Gasteiger partial charge on any atom is 0.232 e. The van der Waals surface area contributed by atoms with Gasteiger partial charge in [0.05, 0.1) is 0 Å². The Bertz CT molecular complexity index is 1140. The summed E-state index contributed by atoms with van der Waals surface area (Å²) in [5.74, 6) is 0.520. The Morgan fingerprint density at radius 1 is 1.17 bits per heavy atom. The summed E-state index contributed by atoms with van der Waals surface area (Å²) in [5, 5.41) is 14.1. The number of amides is 1. The van der Waals surface area contributed by atoms with Crippen LogP contribution in [0.5, 0.6) is 5.75 Å². The SMILES string of the molecule is C=C[C@@H]1C=C(C)[C@@H]2[C@@H]3[C@H](Oc4ccc(cc4)C[C@@]4(O)C[C@@H](C(=O)N4)C(=O)[C@H]13)[C@@H]1[C@H](C)C[C@@H](C)C[C@]12C. The van der Waals surface area contributed by atoms with Gasteiger partial charge in [-0.05, 0) is 60.6 Å². The number of rotatable bonds is 1. The first-order valence-corrected chi connectivity index (χ1v) is 13.7. The summed E-state index contributed by atoms with van der Waals surface area (Å²) >= 11 is 0. The van der Waals surface area contributed by atoms with Crippen LogP contribution < -0.4 is 10.1 Å². The highest BCUT2D eigenvalue weighted by Crippen LogP contribution is 2.67. The molecule has 1 aromatic carbocycles. The van der Waals surface area contributed by atoms with E-state index in [0.29, 0.717) is 17.8 Å². The van der Waals surface area contributed by atoms with Gasteiger partial charge in [-0.1, -0.05) is 50.6 Å². The molecule has 6 aliphatic rings. The maximum absolute atomic E-state index is 14.4. The number of hydrogen-bond donors (Lipinski definition) is 2. The standard InChI is InChI=1S/C31H39NO4/c1-6-20-12-18(4)25-24-23(20)27(33)22-15-31(35,32-29(22)34)14-19-7-9-21(10-8-19)36-28(24)26-17(3)11-16(2)13-30(25,26)5/h6-10,12,16-17,20,22-26,28,35H,1,11,13-15H2,2-5H3,(H,32,34)/t16-,17-,20-,22-,23-,24-,25-,26+,28+,30+,31-/m1/s1. The van der Waals surface area contributed by atoms with Crippen LogP contribution in [0.4, 0.5) is 0 Å². The van der Waals surface area contributed by atoms with Gasteiger partial charge in [0.2, 0.25) is 5.91 Å². The molecule has 192 valence electrons. The fourth-order valence-electron chi connectivity index (χ4n) is 9.61. The van der Waals surface area contributed by atoms with Crippen molar-refractivity contribution in [3.05, 3.63) is 54.1 Å². The highest BCUT2D eigenvalue weighted by molar-refractivity contribution is 6.04. The minimum atomic E-state index is -1.42. The summed E-state index contributed by atoms with van der Waals surface area (Å²) in [5.41, 5.74) is 0.815. The molecule has 11 atom stereocenters. The predicted octanol–water partition coefficient (Wildman–Crippen LogP) is 4.70. The molecule has 5 nitrogen and oxygen atoms in total. The zero-order valence-corrected chi connectivity index (χ0v) is 21.9. The lowest BCUT2D eigenvalue weighted by atomic mass is 9.55. The summed E-state index contributed by atoms with van der Waals surface area (Å²) in [4.78, 5) is 27.5. The first-order chi connectivity index (χ1) is 17.0. The van der Waals surface area contributed by atoms with Crippen molar-refractivity contribution in [2.45, 2.75) is 65.2 Å². The lowest BCUT2D eigenvalue weighted by molar-refractivity contribution is -0.137. The van der Waals surface area contributed by atoms with Crippen LogP contribution in [0, 0.1) is 52.8 Å². The molecule has 3 heterocycles. The molecule has 2 saturated carbocycles. The van der Waals surface area contributed by atoms with Gasteiger partial charge in [-0.3, -0.25) is 9.59 Å². The number of ketones is 1. The second-order valence-electron chi connectivity index (χ2n) is 12.9. The maximum atomic E-state index is 14.4. The van der Waals surface area contributed by atoms with E-state index in [2.05, 4.69) is 45.7 Å². The second kappa shape index (κ2) is 8.05. The molecule has 1 amide bonds. The Labute approximate surface area is 214 Å². The molecule has 2 N–H and O–H groups in total. The van der Waals surface area contributed by atoms with E-state index in [4.69, 9.17) is 4.74 Å². The van der Waals surface area contributed by atoms with Gasteiger partial charge >= 0.3 is 0 Å². The first-order valence-electron chi connectivity index (χ1n) is 13.7. The largest absolute Gasteiger partial charge is 0.490 e. The number of nitrogens with one attached hydrogen (secondary N) is 1. The number of allylic oxidation sites excluding steroid dienone is 3. The number of fused-ring (bicyclic) bond motifs is 4. The van der Waals surface area contributed by atoms with Crippen LogP contribution in [0.3, 0.4) is 0 Å². The van der Waals surface area contributed by atoms with Crippen molar-refractivity contribution in [1.29, 1.82) is 0 Å². The van der Waals surface area contributed by atoms with Gasteiger partial charge in [0.25, 0.3) is 0 Å². The lowest BCUT2D eigenvalue weighted by Gasteiger charge is -2.48. The van der Waals surface area contributed by atoms with Crippen molar-refractivity contribution < 1.29 is 19.4 Å². The van der Waals surface area contributed by atoms with Gasteiger partial charge in [0.1, 0.15) is 29.3 Å². The van der Waals surface area contributed by atoms with E-state index in [1.54, 1.807) is 0 Å². The summed E-state index contributed by atoms with van der Waals surface area (Å²) in [6.07, 6.45) is 6.62. The molecule has 3 aliphatic carbocycles. The highest BCUT2D eigenvalue weighted by atomic mass is 16.5. The Morgan fingerprint density at radius 2 is 1.89 bits per heavy atom. The van der Waals surface area contributed by atoms with Crippen LogP contribution in [-0.4, -0.2) is 28.6 Å². The highest BCUT2D eigenvalue weighted by Gasteiger charge is 2.67. The zero-order valence-electron chi connectivity index (χ0n) is 21.9. The minimum absolute atomic E-state index is 0.00729. The summed E-state index contributed by atoms with van der Waals surface area (Å²) in [6, 6.07) is 7.92. The summed E-state index contributed by atoms with van der Waals surface area (Å²) in [6.45, 7) is 13.5. The molecule has 7 rings (SSSR count). The number of carbonyl (C=O) groups is 2. The molecule has 5 heteroatoms. The number of ether oxygens (including phenoxy) is 1. The van der Waals surface area contributed by atoms with E-state index in [1.807, 2.05) is 30.3 Å². The molecule has 3 aliphatic heterocycles. The molecule has 1 saturated heterocycles. The molecule has 3 fully saturated rings. The van der Waals surface area contributed by atoms with Gasteiger partial charge < -0.3 is 15.2 Å². The van der Waals surface area contributed by atoms with Crippen LogP contribution in [0.15, 0.2) is 48.6 Å². The Balaban J connectivity index is 1.56. The number of Topliss-reactive ketones (excluding diaryl/α,β-unsaturated/α-hetero) is 1. The first kappa shape index (κ1) is 24.0. The predicted molar refractivity (Wildman–Crippen MR) is 138 cm³/mol. The van der Waals surface area contributed by atoms with Crippen LogP contribution in [-0.2, 0) is 16.0 Å². The third kappa shape index (κ3) is 3.38. The number of carbonyl (C=O) groups excluding carboxylic acids is 2. The van der Waals surface area contributed by atoms with Crippen LogP contribution in [0.1, 0.15) is 52.5 Å². The van der Waals surface area contributed by atoms with Crippen molar-refractivity contribution in [2.75, 3.05) is 0 Å². The molecule has 0 unspecified atom stereocenters. The number of aliphatic hydroxyl groups is 1. The molecular formula is C31H39NO4. The number of benzene rings is 1. The van der Waals surface area contributed by atoms with Crippen molar-refractivity contribution >= 4 is 11.7 Å². The Hall–Kier alpha value is -2.40. The third-order valence-electron chi connectivity index (χ3n) is 10.4. The lowest BCUT2D eigenvalue weighted by Crippen LogP contribution is -2.46. The topological polar surface area (TPSA) is 75.6 Å². The van der Waals surface area contributed by atoms with E-state index < -0.39 is 17.6 Å². The van der Waals surface area contributed by atoms with Crippen LogP contribution in [0.25, 0.3) is 0 Å². The molecule has 36 heavy (non-hydrogen) atoms. The smallest absolute Gasteiger partial charge is 0.232 e. The van der Waals surface area contributed by atoms with E-state index in [-0.39, 0.29) is 53.8 Å². The van der Waals surface area contributed by atoms with Crippen molar-refractivity contribution in [3.63, 3.8) is 0 Å². The fourth-order valence-corrected chi connectivity index (χ4v) is 9.61. The average Bonchev–Trinajstić information content (AvgIpc) is 3.24. The molecular weight excluding hydrogens is 450 g/mol. The van der Waals surface area contributed by atoms with E-state index in [9.17, 15) is 14.7 Å². The van der Waals surface area contributed by atoms with Gasteiger partial charge in [-0.25, -0.2) is 0 Å². The van der Waals surface area contributed by atoms with Crippen molar-refractivity contribution in [3.8, 4) is 5.75 Å². The van der Waals surface area contributed by atoms with Gasteiger partial charge in [0.15, 0.2) is 0 Å². The van der Waals surface area contributed by atoms with E-state index in [1.165, 1.54) is 5.57 Å². The average molecular weight is 490 g/mol. The van der Waals surface area contributed by atoms with Gasteiger partial charge in [0, 0.05) is 36.5 Å². The Morgan fingerprint density at radius 3 is 2.58 bits per heavy atom. The van der Waals surface area contributed by atoms with E-state index in [0.717, 1.165) is 24.2 Å². The fraction of sp³-hybridized carbons (Fsp3) is 0.613. The Kier molecular flexibility index (Phi) is 5.36. The third-order valence-corrected chi connectivity index (χ3v) is 10.4. The van der Waals surface area contributed by atoms with E-state index >= 15 is 0 Å². The molecule has 4 bridgehead atoms. The quantitative estimate of drug-likeness (QED) is 0.443. The summed E-state index contributed by atoms with van der Waals surface area (Å²) < 4.78 is 6.93. The molecule has 0 spiro atoms. The van der Waals surface area contributed by atoms with Crippen molar-refractivity contribution in [1.82, 2.24) is 5.32 Å². The number of hydrogen-bond acceptors (Lipinski definition) is 4. The molecule has 0 radical (unpaired) electrons. The van der Waals surface area contributed by atoms with Gasteiger partial charge in [-0.15, -0.1) is 6.58 Å². The van der Waals surface area contributed by atoms with Crippen LogP contribution >= 0.6 is 0 Å². The second-order valence-corrected chi connectivity index (χ2v) is 12.9. The van der Waals surface area contributed by atoms with Crippen molar-refractivity contribution in [2.24, 2.45) is 52.8 Å². The normalized spacial score (nSPS) is 47.4. The summed E-state index contributed by atoms with van der Waals surface area (Å²) in [7, 11) is 0. The molecule has 1 aromatic rings. The monoisotopic (exact) mass is 489 g/mol. The van der Waals surface area contributed by atoms with Gasteiger partial charge in [-0.2, -0.15) is 0 Å². The molecule has 0 aromatic heterocycles. The zero-order chi connectivity index (χ0) is 25.6. The minimum Gasteiger partial charge on any atom is -0.490 e.